The minimum atomic E-state index is -0.306. The number of benzene rings is 1. The number of hydrogen-bond acceptors (Lipinski definition) is 2. The Morgan fingerprint density at radius 3 is 2.89 bits per heavy atom. The highest BCUT2D eigenvalue weighted by Crippen LogP contribution is 2.19. The van der Waals surface area contributed by atoms with E-state index in [1.807, 2.05) is 4.57 Å². The monoisotopic (exact) mass is 283 g/mol. The molecular formula is C13H15ClFN3O. The molecule has 0 saturated carbocycles. The first-order valence-electron chi connectivity index (χ1n) is 6.10. The molecule has 0 fully saturated rings. The number of alkyl halides is 1. The van der Waals surface area contributed by atoms with Gasteiger partial charge in [0.15, 0.2) is 0 Å². The first-order valence-corrected chi connectivity index (χ1v) is 6.64. The molecule has 0 bridgehead atoms. The van der Waals surface area contributed by atoms with Crippen LogP contribution in [0.25, 0.3) is 11.0 Å². The lowest BCUT2D eigenvalue weighted by atomic mass is 10.2. The van der Waals surface area contributed by atoms with Gasteiger partial charge in [-0.1, -0.05) is 0 Å². The van der Waals surface area contributed by atoms with Crippen LogP contribution in [0.4, 0.5) is 4.39 Å². The molecule has 2 aromatic rings. The van der Waals surface area contributed by atoms with Crippen molar-refractivity contribution in [2.24, 2.45) is 5.73 Å². The number of halogens is 2. The highest BCUT2D eigenvalue weighted by atomic mass is 35.5. The lowest BCUT2D eigenvalue weighted by molar-refractivity contribution is -0.118. The number of rotatable bonds is 6. The van der Waals surface area contributed by atoms with Crippen LogP contribution in [0.1, 0.15) is 25.1 Å². The van der Waals surface area contributed by atoms with Gasteiger partial charge in [0.2, 0.25) is 5.91 Å². The smallest absolute Gasteiger partial charge is 0.217 e. The molecule has 102 valence electrons. The number of amides is 1. The molecule has 2 N–H and O–H groups in total. The minimum Gasteiger partial charge on any atom is -0.370 e. The standard InChI is InChI=1S/C13H15ClFN3O/c14-8-13-17-10-5-4-9(15)7-11(10)18(13)6-2-1-3-12(16)19/h4-5,7H,1-3,6,8H2,(H2,16,19). The van der Waals surface area contributed by atoms with Gasteiger partial charge in [0.25, 0.3) is 0 Å². The molecule has 1 aromatic heterocycles. The summed E-state index contributed by atoms with van der Waals surface area (Å²) in [7, 11) is 0. The summed E-state index contributed by atoms with van der Waals surface area (Å²) in [5.41, 5.74) is 6.55. The van der Waals surface area contributed by atoms with E-state index in [0.717, 1.165) is 17.5 Å². The van der Waals surface area contributed by atoms with E-state index in [1.54, 1.807) is 6.07 Å². The summed E-state index contributed by atoms with van der Waals surface area (Å²) < 4.78 is 15.2. The maximum atomic E-state index is 13.3. The van der Waals surface area contributed by atoms with Crippen molar-refractivity contribution in [2.45, 2.75) is 31.7 Å². The van der Waals surface area contributed by atoms with E-state index in [9.17, 15) is 9.18 Å². The van der Waals surface area contributed by atoms with E-state index < -0.39 is 0 Å². The van der Waals surface area contributed by atoms with E-state index in [-0.39, 0.29) is 17.6 Å². The molecule has 6 heteroatoms. The molecule has 0 unspecified atom stereocenters. The molecule has 0 saturated heterocycles. The number of fused-ring (bicyclic) bond motifs is 1. The van der Waals surface area contributed by atoms with E-state index >= 15 is 0 Å². The Morgan fingerprint density at radius 1 is 1.42 bits per heavy atom. The van der Waals surface area contributed by atoms with Gasteiger partial charge < -0.3 is 10.3 Å². The first-order chi connectivity index (χ1) is 9.11. The predicted octanol–water partition coefficient (Wildman–Crippen LogP) is 2.57. The Labute approximate surface area is 115 Å². The molecule has 2 rings (SSSR count). The molecule has 1 amide bonds. The quantitative estimate of drug-likeness (QED) is 0.654. The SMILES string of the molecule is NC(=O)CCCCn1c(CCl)nc2ccc(F)cc21. The molecule has 4 nitrogen and oxygen atoms in total. The average Bonchev–Trinajstić information content (AvgIpc) is 2.72. The third kappa shape index (κ3) is 3.23. The number of unbranched alkanes of at least 4 members (excludes halogenated alkanes) is 1. The maximum absolute atomic E-state index is 13.3. The Balaban J connectivity index is 2.19. The number of imidazole rings is 1. The van der Waals surface area contributed by atoms with Crippen molar-refractivity contribution in [1.29, 1.82) is 0 Å². The molecule has 0 spiro atoms. The van der Waals surface area contributed by atoms with E-state index in [1.165, 1.54) is 12.1 Å². The maximum Gasteiger partial charge on any atom is 0.217 e. The normalized spacial score (nSPS) is 11.1. The van der Waals surface area contributed by atoms with Crippen molar-refractivity contribution in [2.75, 3.05) is 0 Å². The lowest BCUT2D eigenvalue weighted by Gasteiger charge is -2.07. The summed E-state index contributed by atoms with van der Waals surface area (Å²) in [5, 5.41) is 0. The highest BCUT2D eigenvalue weighted by molar-refractivity contribution is 6.16. The van der Waals surface area contributed by atoms with Crippen LogP contribution in [0.2, 0.25) is 0 Å². The summed E-state index contributed by atoms with van der Waals surface area (Å²) in [6.45, 7) is 0.648. The van der Waals surface area contributed by atoms with E-state index in [2.05, 4.69) is 4.98 Å². The average molecular weight is 284 g/mol. The summed E-state index contributed by atoms with van der Waals surface area (Å²) >= 11 is 5.86. The van der Waals surface area contributed by atoms with Crippen molar-refractivity contribution in [3.63, 3.8) is 0 Å². The third-order valence-corrected chi connectivity index (χ3v) is 3.20. The molecule has 0 aliphatic heterocycles. The zero-order valence-electron chi connectivity index (χ0n) is 10.4. The van der Waals surface area contributed by atoms with Crippen molar-refractivity contribution in [3.05, 3.63) is 29.8 Å². The molecule has 0 atom stereocenters. The van der Waals surface area contributed by atoms with Crippen LogP contribution < -0.4 is 5.73 Å². The number of primary amides is 1. The van der Waals surface area contributed by atoms with Gasteiger partial charge in [0.1, 0.15) is 11.6 Å². The zero-order valence-corrected chi connectivity index (χ0v) is 11.2. The van der Waals surface area contributed by atoms with Crippen LogP contribution in [-0.2, 0) is 17.2 Å². The fraction of sp³-hybridized carbons (Fsp3) is 0.385. The second-order valence-corrected chi connectivity index (χ2v) is 4.64. The van der Waals surface area contributed by atoms with Crippen molar-refractivity contribution in [3.8, 4) is 0 Å². The fourth-order valence-electron chi connectivity index (χ4n) is 2.07. The second kappa shape index (κ2) is 6.02. The molecular weight excluding hydrogens is 269 g/mol. The molecule has 19 heavy (non-hydrogen) atoms. The summed E-state index contributed by atoms with van der Waals surface area (Å²) in [4.78, 5) is 15.0. The van der Waals surface area contributed by atoms with Gasteiger partial charge in [-0.25, -0.2) is 9.37 Å². The van der Waals surface area contributed by atoms with E-state index in [4.69, 9.17) is 17.3 Å². The van der Waals surface area contributed by atoms with Crippen molar-refractivity contribution in [1.82, 2.24) is 9.55 Å². The Morgan fingerprint density at radius 2 is 2.21 bits per heavy atom. The molecule has 0 aliphatic carbocycles. The summed E-state index contributed by atoms with van der Waals surface area (Å²) in [5.74, 6) is 0.374. The molecule has 1 heterocycles. The number of carbonyl (C=O) groups is 1. The first kappa shape index (κ1) is 13.8. The fourth-order valence-corrected chi connectivity index (χ4v) is 2.27. The van der Waals surface area contributed by atoms with Gasteiger partial charge >= 0.3 is 0 Å². The van der Waals surface area contributed by atoms with Crippen LogP contribution in [0.5, 0.6) is 0 Å². The van der Waals surface area contributed by atoms with Gasteiger partial charge in [-0.05, 0) is 31.0 Å². The number of aryl methyl sites for hydroxylation is 1. The molecule has 1 aromatic carbocycles. The van der Waals surface area contributed by atoms with Crippen LogP contribution >= 0.6 is 11.6 Å². The Kier molecular flexibility index (Phi) is 4.37. The van der Waals surface area contributed by atoms with Crippen LogP contribution in [0.15, 0.2) is 18.2 Å². The highest BCUT2D eigenvalue weighted by Gasteiger charge is 2.10. The number of nitrogens with zero attached hydrogens (tertiary/aromatic N) is 2. The van der Waals surface area contributed by atoms with Gasteiger partial charge in [-0.3, -0.25) is 4.79 Å². The van der Waals surface area contributed by atoms with Gasteiger partial charge in [0, 0.05) is 13.0 Å². The third-order valence-electron chi connectivity index (χ3n) is 2.96. The predicted molar refractivity (Wildman–Crippen MR) is 72.3 cm³/mol. The number of carbonyl (C=O) groups excluding carboxylic acids is 1. The molecule has 0 radical (unpaired) electrons. The second-order valence-electron chi connectivity index (χ2n) is 4.37. The number of hydrogen-bond donors (Lipinski definition) is 1. The van der Waals surface area contributed by atoms with Crippen LogP contribution in [0.3, 0.4) is 0 Å². The van der Waals surface area contributed by atoms with Crippen molar-refractivity contribution >= 4 is 28.5 Å². The topological polar surface area (TPSA) is 60.9 Å². The Bertz CT molecular complexity index is 597. The minimum absolute atomic E-state index is 0.270. The molecule has 0 aliphatic rings. The number of aromatic nitrogens is 2. The summed E-state index contributed by atoms with van der Waals surface area (Å²) in [6, 6.07) is 4.47. The zero-order chi connectivity index (χ0) is 13.8. The van der Waals surface area contributed by atoms with E-state index in [0.29, 0.717) is 25.2 Å². The van der Waals surface area contributed by atoms with Gasteiger partial charge in [-0.15, -0.1) is 11.6 Å². The van der Waals surface area contributed by atoms with Crippen LogP contribution in [0, 0.1) is 5.82 Å². The summed E-state index contributed by atoms with van der Waals surface area (Å²) in [6.07, 6.45) is 1.83. The van der Waals surface area contributed by atoms with Gasteiger partial charge in [0.05, 0.1) is 16.9 Å². The van der Waals surface area contributed by atoms with Crippen LogP contribution in [-0.4, -0.2) is 15.5 Å². The lowest BCUT2D eigenvalue weighted by Crippen LogP contribution is -2.10. The Hall–Kier alpha value is -1.62. The number of nitrogens with two attached hydrogens (primary N) is 1. The van der Waals surface area contributed by atoms with Gasteiger partial charge in [-0.2, -0.15) is 0 Å². The largest absolute Gasteiger partial charge is 0.370 e. The van der Waals surface area contributed by atoms with Crippen molar-refractivity contribution < 1.29 is 9.18 Å².